The van der Waals surface area contributed by atoms with E-state index in [0.29, 0.717) is 28.7 Å². The number of aromatic nitrogens is 4. The molecule has 0 aliphatic heterocycles. The van der Waals surface area contributed by atoms with Crippen molar-refractivity contribution in [1.29, 1.82) is 0 Å². The molecule has 0 radical (unpaired) electrons. The van der Waals surface area contributed by atoms with Crippen molar-refractivity contribution in [2.24, 2.45) is 0 Å². The van der Waals surface area contributed by atoms with Crippen molar-refractivity contribution in [2.75, 3.05) is 5.73 Å². The maximum absolute atomic E-state index is 13.1. The number of nitrogens with zero attached hydrogens (tertiary/aromatic N) is 4. The van der Waals surface area contributed by atoms with Gasteiger partial charge in [0.15, 0.2) is 5.65 Å². The van der Waals surface area contributed by atoms with Crippen molar-refractivity contribution < 1.29 is 14.2 Å². The van der Waals surface area contributed by atoms with Crippen molar-refractivity contribution in [3.05, 3.63) is 60.7 Å². The maximum Gasteiger partial charge on any atom is 0.164 e. The highest BCUT2D eigenvalue weighted by molar-refractivity contribution is 5.98. The number of halogens is 1. The maximum atomic E-state index is 13.1. The van der Waals surface area contributed by atoms with Gasteiger partial charge in [-0.25, -0.2) is 19.0 Å². The van der Waals surface area contributed by atoms with Crippen LogP contribution >= 0.6 is 0 Å². The highest BCUT2D eigenvalue weighted by Crippen LogP contribution is 2.36. The molecule has 0 bridgehead atoms. The van der Waals surface area contributed by atoms with E-state index in [2.05, 4.69) is 9.97 Å². The second-order valence-corrected chi connectivity index (χ2v) is 7.79. The zero-order valence-corrected chi connectivity index (χ0v) is 16.8. The SMILES string of the molecule is Nc1ncnc2c1c(-c1ccc(Oc3ccc(F)cc3)cc1)nn2C1CCC(O)CC1. The summed E-state index contributed by atoms with van der Waals surface area (Å²) in [7, 11) is 0. The Balaban J connectivity index is 1.49. The monoisotopic (exact) mass is 419 g/mol. The Bertz CT molecular complexity index is 1200. The van der Waals surface area contributed by atoms with Crippen LogP contribution in [0.2, 0.25) is 0 Å². The van der Waals surface area contributed by atoms with Gasteiger partial charge >= 0.3 is 0 Å². The molecular weight excluding hydrogens is 397 g/mol. The van der Waals surface area contributed by atoms with E-state index in [1.807, 2.05) is 28.9 Å². The zero-order valence-electron chi connectivity index (χ0n) is 16.8. The van der Waals surface area contributed by atoms with Gasteiger partial charge in [-0.3, -0.25) is 0 Å². The Morgan fingerprint density at radius 2 is 1.58 bits per heavy atom. The van der Waals surface area contributed by atoms with Gasteiger partial charge in [-0.05, 0) is 74.2 Å². The lowest BCUT2D eigenvalue weighted by Gasteiger charge is -2.25. The summed E-state index contributed by atoms with van der Waals surface area (Å²) in [4.78, 5) is 8.62. The first kappa shape index (κ1) is 19.4. The summed E-state index contributed by atoms with van der Waals surface area (Å²) >= 11 is 0. The molecule has 2 aromatic carbocycles. The predicted octanol–water partition coefficient (Wildman–Crippen LogP) is 4.48. The molecule has 0 saturated heterocycles. The number of nitrogens with two attached hydrogens (primary N) is 1. The number of aliphatic hydroxyl groups excluding tert-OH is 1. The fourth-order valence-electron chi connectivity index (χ4n) is 4.07. The van der Waals surface area contributed by atoms with Crippen molar-refractivity contribution in [1.82, 2.24) is 19.7 Å². The number of fused-ring (bicyclic) bond motifs is 1. The molecule has 31 heavy (non-hydrogen) atoms. The Morgan fingerprint density at radius 3 is 2.26 bits per heavy atom. The number of hydrogen-bond acceptors (Lipinski definition) is 6. The lowest BCUT2D eigenvalue weighted by Crippen LogP contribution is -2.22. The molecule has 1 fully saturated rings. The molecule has 8 heteroatoms. The Hall–Kier alpha value is -3.52. The van der Waals surface area contributed by atoms with Gasteiger partial charge in [0.2, 0.25) is 0 Å². The molecule has 0 spiro atoms. The molecule has 2 aromatic heterocycles. The highest BCUT2D eigenvalue weighted by atomic mass is 19.1. The Labute approximate surface area is 178 Å². The normalized spacial score (nSPS) is 18.9. The van der Waals surface area contributed by atoms with Crippen LogP contribution in [0.25, 0.3) is 22.3 Å². The van der Waals surface area contributed by atoms with Gasteiger partial charge in [0.05, 0.1) is 17.5 Å². The highest BCUT2D eigenvalue weighted by Gasteiger charge is 2.26. The predicted molar refractivity (Wildman–Crippen MR) is 115 cm³/mol. The third-order valence-corrected chi connectivity index (χ3v) is 5.71. The topological polar surface area (TPSA) is 99.1 Å². The number of ether oxygens (including phenoxy) is 1. The lowest BCUT2D eigenvalue weighted by molar-refractivity contribution is 0.109. The van der Waals surface area contributed by atoms with Gasteiger partial charge in [0.25, 0.3) is 0 Å². The Morgan fingerprint density at radius 1 is 0.935 bits per heavy atom. The largest absolute Gasteiger partial charge is 0.457 e. The van der Waals surface area contributed by atoms with Crippen molar-refractivity contribution in [3.8, 4) is 22.8 Å². The number of anilines is 1. The van der Waals surface area contributed by atoms with E-state index in [1.165, 1.54) is 18.5 Å². The van der Waals surface area contributed by atoms with Crippen molar-refractivity contribution in [2.45, 2.75) is 37.8 Å². The molecule has 0 amide bonds. The average Bonchev–Trinajstić information content (AvgIpc) is 3.17. The van der Waals surface area contributed by atoms with E-state index < -0.39 is 0 Å². The summed E-state index contributed by atoms with van der Waals surface area (Å²) in [6, 6.07) is 13.5. The van der Waals surface area contributed by atoms with Gasteiger partial charge < -0.3 is 15.6 Å². The number of nitrogen functional groups attached to an aromatic ring is 1. The first-order valence-corrected chi connectivity index (χ1v) is 10.3. The summed E-state index contributed by atoms with van der Waals surface area (Å²) in [5.41, 5.74) is 8.49. The fraction of sp³-hybridized carbons (Fsp3) is 0.261. The summed E-state index contributed by atoms with van der Waals surface area (Å²) < 4.78 is 20.8. The molecule has 158 valence electrons. The molecule has 0 unspecified atom stereocenters. The van der Waals surface area contributed by atoms with Gasteiger partial charge in [0, 0.05) is 5.56 Å². The molecule has 1 aliphatic carbocycles. The first-order valence-electron chi connectivity index (χ1n) is 10.3. The Kier molecular flexibility index (Phi) is 4.99. The van der Waals surface area contributed by atoms with Crippen LogP contribution in [-0.2, 0) is 0 Å². The van der Waals surface area contributed by atoms with Gasteiger partial charge in [-0.15, -0.1) is 0 Å². The van der Waals surface area contributed by atoms with Crippen LogP contribution in [0.1, 0.15) is 31.7 Å². The second kappa shape index (κ2) is 7.96. The zero-order chi connectivity index (χ0) is 21.4. The molecule has 2 heterocycles. The summed E-state index contributed by atoms with van der Waals surface area (Å²) in [5, 5.41) is 15.4. The number of benzene rings is 2. The number of hydrogen-bond donors (Lipinski definition) is 2. The molecule has 5 rings (SSSR count). The van der Waals surface area contributed by atoms with Crippen LogP contribution in [-0.4, -0.2) is 31.0 Å². The van der Waals surface area contributed by atoms with E-state index in [9.17, 15) is 9.50 Å². The second-order valence-electron chi connectivity index (χ2n) is 7.79. The van der Waals surface area contributed by atoms with E-state index in [-0.39, 0.29) is 18.0 Å². The molecule has 1 saturated carbocycles. The van der Waals surface area contributed by atoms with E-state index in [4.69, 9.17) is 15.6 Å². The van der Waals surface area contributed by atoms with E-state index in [0.717, 1.165) is 36.6 Å². The third-order valence-electron chi connectivity index (χ3n) is 5.71. The molecule has 1 aliphatic rings. The third kappa shape index (κ3) is 3.82. The average molecular weight is 419 g/mol. The van der Waals surface area contributed by atoms with E-state index in [1.54, 1.807) is 12.1 Å². The summed E-state index contributed by atoms with van der Waals surface area (Å²) in [5.74, 6) is 1.26. The standard InChI is InChI=1S/C23H22FN5O2/c24-15-3-11-19(12-4-15)31-18-9-1-14(2-10-18)21-20-22(25)26-13-27-23(20)29(28-21)16-5-7-17(30)8-6-16/h1-4,9-13,16-17,30H,5-8H2,(H2,25,26,27). The quantitative estimate of drug-likeness (QED) is 0.506. The van der Waals surface area contributed by atoms with Crippen LogP contribution in [0, 0.1) is 5.82 Å². The lowest BCUT2D eigenvalue weighted by atomic mass is 9.93. The van der Waals surface area contributed by atoms with E-state index >= 15 is 0 Å². The van der Waals surface area contributed by atoms with Crippen LogP contribution in [0.4, 0.5) is 10.2 Å². The van der Waals surface area contributed by atoms with Gasteiger partial charge in [-0.1, -0.05) is 0 Å². The molecule has 7 nitrogen and oxygen atoms in total. The van der Waals surface area contributed by atoms with Crippen LogP contribution in [0.15, 0.2) is 54.9 Å². The van der Waals surface area contributed by atoms with Gasteiger partial charge in [-0.2, -0.15) is 5.10 Å². The van der Waals surface area contributed by atoms with Crippen LogP contribution in [0.3, 0.4) is 0 Å². The smallest absolute Gasteiger partial charge is 0.164 e. The molecule has 0 atom stereocenters. The summed E-state index contributed by atoms with van der Waals surface area (Å²) in [6.07, 6.45) is 4.38. The van der Waals surface area contributed by atoms with Crippen molar-refractivity contribution in [3.63, 3.8) is 0 Å². The molecule has 4 aromatic rings. The molecule has 3 N–H and O–H groups in total. The minimum absolute atomic E-state index is 0.162. The van der Waals surface area contributed by atoms with Crippen LogP contribution < -0.4 is 10.5 Å². The van der Waals surface area contributed by atoms with Gasteiger partial charge in [0.1, 0.15) is 35.2 Å². The fourth-order valence-corrected chi connectivity index (χ4v) is 4.07. The number of aliphatic hydroxyl groups is 1. The molecular formula is C23H22FN5O2. The van der Waals surface area contributed by atoms with Crippen LogP contribution in [0.5, 0.6) is 11.5 Å². The minimum atomic E-state index is -0.308. The number of rotatable bonds is 4. The van der Waals surface area contributed by atoms with Crippen molar-refractivity contribution >= 4 is 16.9 Å². The first-order chi connectivity index (χ1) is 15.1. The summed E-state index contributed by atoms with van der Waals surface area (Å²) in [6.45, 7) is 0. The minimum Gasteiger partial charge on any atom is -0.457 e.